The summed E-state index contributed by atoms with van der Waals surface area (Å²) in [5.74, 6) is 0.524. The number of carbonyl (C=O) groups is 1. The molecule has 0 radical (unpaired) electrons. The van der Waals surface area contributed by atoms with Crippen LogP contribution in [0.1, 0.15) is 17.2 Å². The minimum atomic E-state index is -0.815. The number of ether oxygens (including phenoxy) is 1. The van der Waals surface area contributed by atoms with Crippen LogP contribution in [0, 0.1) is 0 Å². The highest BCUT2D eigenvalue weighted by Crippen LogP contribution is 2.26. The average molecular weight is 345 g/mol. The van der Waals surface area contributed by atoms with Gasteiger partial charge in [-0.15, -0.1) is 0 Å². The van der Waals surface area contributed by atoms with Crippen molar-refractivity contribution in [3.05, 3.63) is 65.7 Å². The summed E-state index contributed by atoms with van der Waals surface area (Å²) >= 11 is 1.22. The van der Waals surface area contributed by atoms with Crippen LogP contribution in [0.4, 0.5) is 0 Å². The van der Waals surface area contributed by atoms with Gasteiger partial charge in [0.15, 0.2) is 5.56 Å². The van der Waals surface area contributed by atoms with E-state index in [0.717, 1.165) is 11.1 Å². The minimum absolute atomic E-state index is 0.140. The summed E-state index contributed by atoms with van der Waals surface area (Å²) in [4.78, 5) is 11.6. The number of carbonyl (C=O) groups excluding carboxylic acids is 1. The molecule has 2 unspecified atom stereocenters. The van der Waals surface area contributed by atoms with Crippen molar-refractivity contribution in [2.24, 2.45) is 0 Å². The smallest absolute Gasteiger partial charge is 0.236 e. The summed E-state index contributed by atoms with van der Waals surface area (Å²) in [6.07, 6.45) is -0.119. The Morgan fingerprint density at radius 3 is 2.46 bits per heavy atom. The maximum absolute atomic E-state index is 11.6. The molecule has 3 atom stereocenters. The summed E-state index contributed by atoms with van der Waals surface area (Å²) in [6, 6.07) is 16.8. The molecule has 0 spiro atoms. The maximum atomic E-state index is 11.6. The predicted molar refractivity (Wildman–Crippen MR) is 92.6 cm³/mol. The van der Waals surface area contributed by atoms with Crippen LogP contribution >= 0.6 is 11.8 Å². The Morgan fingerprint density at radius 1 is 1.12 bits per heavy atom. The van der Waals surface area contributed by atoms with Gasteiger partial charge < -0.3 is 20.3 Å². The molecule has 126 valence electrons. The Hall–Kier alpha value is -2.02. The topological polar surface area (TPSA) is 78.8 Å². The molecule has 2 aromatic rings. The highest BCUT2D eigenvalue weighted by atomic mass is 32.2. The van der Waals surface area contributed by atoms with Crippen molar-refractivity contribution in [3.63, 3.8) is 0 Å². The lowest BCUT2D eigenvalue weighted by Crippen LogP contribution is -2.27. The van der Waals surface area contributed by atoms with Crippen LogP contribution in [-0.2, 0) is 11.2 Å². The largest absolute Gasteiger partial charge is 0.491 e. The molecule has 2 aromatic carbocycles. The van der Waals surface area contributed by atoms with Gasteiger partial charge in [-0.25, -0.2) is 0 Å². The lowest BCUT2D eigenvalue weighted by molar-refractivity contribution is -0.121. The molecule has 3 rings (SSSR count). The van der Waals surface area contributed by atoms with Crippen molar-refractivity contribution in [1.29, 1.82) is 0 Å². The first-order valence-corrected chi connectivity index (χ1v) is 8.65. The fourth-order valence-corrected chi connectivity index (χ4v) is 3.46. The summed E-state index contributed by atoms with van der Waals surface area (Å²) in [6.45, 7) is 0.177. The van der Waals surface area contributed by atoms with E-state index in [4.69, 9.17) is 4.74 Å². The van der Waals surface area contributed by atoms with Gasteiger partial charge in [-0.1, -0.05) is 54.2 Å². The average Bonchev–Trinajstić information content (AvgIpc) is 2.92. The first kappa shape index (κ1) is 16.8. The number of thioether (sulfide) groups is 1. The number of hydrogen-bond donors (Lipinski definition) is 3. The Labute approximate surface area is 144 Å². The zero-order valence-electron chi connectivity index (χ0n) is 13.0. The van der Waals surface area contributed by atoms with Gasteiger partial charge in [0.05, 0.1) is 5.25 Å². The lowest BCUT2D eigenvalue weighted by Gasteiger charge is -2.13. The van der Waals surface area contributed by atoms with Crippen LogP contribution in [-0.4, -0.2) is 33.5 Å². The zero-order valence-corrected chi connectivity index (χ0v) is 13.8. The molecular weight excluding hydrogens is 326 g/mol. The second-order valence-corrected chi connectivity index (χ2v) is 6.86. The monoisotopic (exact) mass is 345 g/mol. The van der Waals surface area contributed by atoms with Gasteiger partial charge in [0, 0.05) is 0 Å². The number of benzene rings is 2. The number of rotatable bonds is 6. The molecule has 5 nitrogen and oxygen atoms in total. The molecule has 1 fully saturated rings. The third-order valence-corrected chi connectivity index (χ3v) is 4.87. The molecular formula is C18H19NO4S. The quantitative estimate of drug-likeness (QED) is 0.745. The van der Waals surface area contributed by atoms with Crippen molar-refractivity contribution < 1.29 is 19.7 Å². The molecule has 24 heavy (non-hydrogen) atoms. The van der Waals surface area contributed by atoms with E-state index in [2.05, 4.69) is 5.32 Å². The van der Waals surface area contributed by atoms with Crippen LogP contribution in [0.5, 0.6) is 5.75 Å². The normalized spacial score (nSPS) is 21.3. The minimum Gasteiger partial charge on any atom is -0.491 e. The summed E-state index contributed by atoms with van der Waals surface area (Å²) < 4.78 is 5.61. The molecule has 1 aliphatic rings. The fourth-order valence-electron chi connectivity index (χ4n) is 2.49. The Morgan fingerprint density at radius 2 is 1.83 bits per heavy atom. The molecule has 1 amide bonds. The van der Waals surface area contributed by atoms with E-state index in [1.807, 2.05) is 54.6 Å². The number of aliphatic hydroxyl groups is 2. The van der Waals surface area contributed by atoms with Gasteiger partial charge in [-0.2, -0.15) is 0 Å². The molecule has 1 saturated heterocycles. The molecule has 0 saturated carbocycles. The number of nitrogens with one attached hydrogen (secondary N) is 1. The summed E-state index contributed by atoms with van der Waals surface area (Å²) in [5, 5.41) is 21.7. The van der Waals surface area contributed by atoms with Crippen molar-refractivity contribution in [2.75, 3.05) is 6.61 Å². The van der Waals surface area contributed by atoms with Crippen LogP contribution in [0.15, 0.2) is 54.6 Å². The second-order valence-electron chi connectivity index (χ2n) is 5.57. The lowest BCUT2D eigenvalue weighted by atomic mass is 10.1. The third-order valence-electron chi connectivity index (χ3n) is 3.79. The molecule has 3 N–H and O–H groups in total. The summed E-state index contributed by atoms with van der Waals surface area (Å²) in [5.41, 5.74) is 0.995. The van der Waals surface area contributed by atoms with Gasteiger partial charge >= 0.3 is 0 Å². The van der Waals surface area contributed by atoms with E-state index in [0.29, 0.717) is 12.2 Å². The van der Waals surface area contributed by atoms with Crippen LogP contribution in [0.2, 0.25) is 0 Å². The van der Waals surface area contributed by atoms with E-state index in [1.54, 1.807) is 0 Å². The van der Waals surface area contributed by atoms with E-state index >= 15 is 0 Å². The van der Waals surface area contributed by atoms with E-state index in [1.165, 1.54) is 11.8 Å². The van der Waals surface area contributed by atoms with Crippen molar-refractivity contribution in [1.82, 2.24) is 5.32 Å². The maximum Gasteiger partial charge on any atom is 0.236 e. The number of hydrogen-bond acceptors (Lipinski definition) is 5. The SMILES string of the molecule is O=C1NC(O)SC1Cc1ccc(OC[C@@H](O)c2ccccc2)cc1. The zero-order chi connectivity index (χ0) is 16.9. The van der Waals surface area contributed by atoms with Gasteiger partial charge in [-0.05, 0) is 29.7 Å². The second kappa shape index (κ2) is 7.70. The molecule has 1 aliphatic heterocycles. The highest BCUT2D eigenvalue weighted by Gasteiger charge is 2.31. The number of amides is 1. The van der Waals surface area contributed by atoms with Gasteiger partial charge in [0.1, 0.15) is 18.5 Å². The van der Waals surface area contributed by atoms with Crippen molar-refractivity contribution >= 4 is 17.7 Å². The van der Waals surface area contributed by atoms with E-state index in [9.17, 15) is 15.0 Å². The molecule has 6 heteroatoms. The van der Waals surface area contributed by atoms with Gasteiger partial charge in [-0.3, -0.25) is 4.79 Å². The molecule has 0 aliphatic carbocycles. The van der Waals surface area contributed by atoms with Gasteiger partial charge in [0.2, 0.25) is 5.91 Å². The Kier molecular flexibility index (Phi) is 5.40. The van der Waals surface area contributed by atoms with Crippen molar-refractivity contribution in [2.45, 2.75) is 23.3 Å². The van der Waals surface area contributed by atoms with Crippen LogP contribution in [0.3, 0.4) is 0 Å². The molecule has 0 bridgehead atoms. The van der Waals surface area contributed by atoms with Crippen molar-refractivity contribution in [3.8, 4) is 5.75 Å². The number of aliphatic hydroxyl groups excluding tert-OH is 2. The molecule has 1 heterocycles. The van der Waals surface area contributed by atoms with Crippen LogP contribution in [0.25, 0.3) is 0 Å². The van der Waals surface area contributed by atoms with Gasteiger partial charge in [0.25, 0.3) is 0 Å². The highest BCUT2D eigenvalue weighted by molar-refractivity contribution is 8.01. The Balaban J connectivity index is 1.52. The third kappa shape index (κ3) is 4.29. The Bertz CT molecular complexity index is 677. The summed E-state index contributed by atoms with van der Waals surface area (Å²) in [7, 11) is 0. The fraction of sp³-hybridized carbons (Fsp3) is 0.278. The standard InChI is InChI=1S/C18H19NO4S/c20-15(13-4-2-1-3-5-13)11-23-14-8-6-12(7-9-14)10-16-17(21)19-18(22)24-16/h1-9,15-16,18,20,22H,10-11H2,(H,19,21)/t15-,16?,18?/m1/s1. The van der Waals surface area contributed by atoms with E-state index < -0.39 is 11.7 Å². The first-order valence-electron chi connectivity index (χ1n) is 7.70. The molecule has 0 aromatic heterocycles. The van der Waals surface area contributed by atoms with Crippen LogP contribution < -0.4 is 10.1 Å². The first-order chi connectivity index (χ1) is 11.6. The van der Waals surface area contributed by atoms with E-state index in [-0.39, 0.29) is 17.8 Å². The predicted octanol–water partition coefficient (Wildman–Crippen LogP) is 1.85.